The van der Waals surface area contributed by atoms with Crippen LogP contribution in [0, 0.1) is 0 Å². The SMILES string of the molecule is CN=C(NCCN(C)CCOC)N(C)Cc1ccccc1. The highest BCUT2D eigenvalue weighted by Gasteiger charge is 2.06. The number of ether oxygens (including phenoxy) is 1. The second-order valence-corrected chi connectivity index (χ2v) is 5.11. The van der Waals surface area contributed by atoms with Gasteiger partial charge >= 0.3 is 0 Å². The molecule has 0 saturated heterocycles. The van der Waals surface area contributed by atoms with E-state index in [9.17, 15) is 0 Å². The lowest BCUT2D eigenvalue weighted by Crippen LogP contribution is -2.42. The normalized spacial score (nSPS) is 11.8. The number of likely N-dealkylation sites (N-methyl/N-ethyl adjacent to an activating group) is 1. The van der Waals surface area contributed by atoms with Crippen LogP contribution in [0.1, 0.15) is 5.56 Å². The molecular weight excluding hydrogens is 264 g/mol. The highest BCUT2D eigenvalue weighted by atomic mass is 16.5. The molecule has 0 aliphatic carbocycles. The fourth-order valence-electron chi connectivity index (χ4n) is 2.03. The molecule has 21 heavy (non-hydrogen) atoms. The van der Waals surface area contributed by atoms with Crippen molar-refractivity contribution in [1.82, 2.24) is 15.1 Å². The second-order valence-electron chi connectivity index (χ2n) is 5.11. The Morgan fingerprint density at radius 1 is 1.19 bits per heavy atom. The highest BCUT2D eigenvalue weighted by Crippen LogP contribution is 2.02. The largest absolute Gasteiger partial charge is 0.383 e. The Hall–Kier alpha value is -1.59. The third kappa shape index (κ3) is 7.11. The summed E-state index contributed by atoms with van der Waals surface area (Å²) in [5.74, 6) is 0.916. The highest BCUT2D eigenvalue weighted by molar-refractivity contribution is 5.79. The van der Waals surface area contributed by atoms with Crippen molar-refractivity contribution < 1.29 is 4.74 Å². The van der Waals surface area contributed by atoms with Crippen LogP contribution in [-0.4, -0.2) is 70.3 Å². The smallest absolute Gasteiger partial charge is 0.193 e. The summed E-state index contributed by atoms with van der Waals surface area (Å²) in [5, 5.41) is 3.39. The monoisotopic (exact) mass is 292 g/mol. The van der Waals surface area contributed by atoms with Gasteiger partial charge in [-0.1, -0.05) is 30.3 Å². The summed E-state index contributed by atoms with van der Waals surface area (Å²) in [6, 6.07) is 10.4. The number of rotatable bonds is 8. The number of hydrogen-bond donors (Lipinski definition) is 1. The first-order valence-electron chi connectivity index (χ1n) is 7.30. The molecule has 0 spiro atoms. The Bertz CT molecular complexity index is 408. The lowest BCUT2D eigenvalue weighted by molar-refractivity contribution is 0.162. The van der Waals surface area contributed by atoms with E-state index in [-0.39, 0.29) is 0 Å². The minimum atomic E-state index is 0.763. The molecule has 0 radical (unpaired) electrons. The minimum Gasteiger partial charge on any atom is -0.383 e. The Kier molecular flexibility index (Phi) is 8.47. The van der Waals surface area contributed by atoms with Gasteiger partial charge in [0, 0.05) is 47.4 Å². The number of methoxy groups -OCH3 is 1. The summed E-state index contributed by atoms with van der Waals surface area (Å²) < 4.78 is 5.07. The third-order valence-electron chi connectivity index (χ3n) is 3.29. The van der Waals surface area contributed by atoms with Crippen molar-refractivity contribution in [1.29, 1.82) is 0 Å². The molecule has 0 aromatic heterocycles. The van der Waals surface area contributed by atoms with Crippen LogP contribution in [0.15, 0.2) is 35.3 Å². The molecule has 1 aromatic rings. The van der Waals surface area contributed by atoms with Crippen molar-refractivity contribution in [2.24, 2.45) is 4.99 Å². The third-order valence-corrected chi connectivity index (χ3v) is 3.29. The number of benzene rings is 1. The van der Waals surface area contributed by atoms with Crippen LogP contribution in [0.4, 0.5) is 0 Å². The summed E-state index contributed by atoms with van der Waals surface area (Å²) in [7, 11) is 7.69. The van der Waals surface area contributed by atoms with Gasteiger partial charge in [0.15, 0.2) is 5.96 Å². The van der Waals surface area contributed by atoms with E-state index in [4.69, 9.17) is 4.74 Å². The molecular formula is C16H28N4O. The zero-order valence-corrected chi connectivity index (χ0v) is 13.7. The fourth-order valence-corrected chi connectivity index (χ4v) is 2.03. The van der Waals surface area contributed by atoms with Crippen molar-refractivity contribution >= 4 is 5.96 Å². The van der Waals surface area contributed by atoms with E-state index < -0.39 is 0 Å². The molecule has 0 heterocycles. The predicted molar refractivity (Wildman–Crippen MR) is 88.6 cm³/mol. The quantitative estimate of drug-likeness (QED) is 0.579. The van der Waals surface area contributed by atoms with Crippen molar-refractivity contribution in [3.63, 3.8) is 0 Å². The average molecular weight is 292 g/mol. The van der Waals surface area contributed by atoms with Gasteiger partial charge in [0.1, 0.15) is 0 Å². The lowest BCUT2D eigenvalue weighted by atomic mass is 10.2. The van der Waals surface area contributed by atoms with Crippen molar-refractivity contribution in [3.8, 4) is 0 Å². The molecule has 1 N–H and O–H groups in total. The average Bonchev–Trinajstić information content (AvgIpc) is 2.50. The lowest BCUT2D eigenvalue weighted by Gasteiger charge is -2.23. The van der Waals surface area contributed by atoms with Crippen LogP contribution < -0.4 is 5.32 Å². The summed E-state index contributed by atoms with van der Waals surface area (Å²) in [5.41, 5.74) is 1.28. The predicted octanol–water partition coefficient (Wildman–Crippen LogP) is 1.27. The molecule has 0 bridgehead atoms. The van der Waals surface area contributed by atoms with E-state index in [1.807, 2.05) is 13.1 Å². The molecule has 1 aromatic carbocycles. The second kappa shape index (κ2) is 10.2. The van der Waals surface area contributed by atoms with Gasteiger partial charge in [-0.05, 0) is 12.6 Å². The first kappa shape index (κ1) is 17.5. The molecule has 1 rings (SSSR count). The van der Waals surface area contributed by atoms with Gasteiger partial charge in [0.25, 0.3) is 0 Å². The summed E-state index contributed by atoms with van der Waals surface area (Å²) >= 11 is 0. The van der Waals surface area contributed by atoms with Crippen LogP contribution in [0.3, 0.4) is 0 Å². The van der Waals surface area contributed by atoms with Gasteiger partial charge in [0.2, 0.25) is 0 Å². The van der Waals surface area contributed by atoms with Crippen LogP contribution >= 0.6 is 0 Å². The molecule has 0 amide bonds. The van der Waals surface area contributed by atoms with E-state index in [0.717, 1.165) is 38.7 Å². The minimum absolute atomic E-state index is 0.763. The van der Waals surface area contributed by atoms with E-state index in [1.54, 1.807) is 7.11 Å². The standard InChI is InChI=1S/C16H28N4O/c1-17-16(18-10-11-19(2)12-13-21-4)20(3)14-15-8-6-5-7-9-15/h5-9H,10-14H2,1-4H3,(H,17,18). The van der Waals surface area contributed by atoms with E-state index in [1.165, 1.54) is 5.56 Å². The van der Waals surface area contributed by atoms with Crippen LogP contribution in [0.25, 0.3) is 0 Å². The Morgan fingerprint density at radius 3 is 2.52 bits per heavy atom. The van der Waals surface area contributed by atoms with Crippen LogP contribution in [0.2, 0.25) is 0 Å². The van der Waals surface area contributed by atoms with Crippen LogP contribution in [-0.2, 0) is 11.3 Å². The molecule has 0 aliphatic heterocycles. The fraction of sp³-hybridized carbons (Fsp3) is 0.562. The maximum atomic E-state index is 5.07. The number of aliphatic imine (C=N–C) groups is 1. The molecule has 118 valence electrons. The number of guanidine groups is 1. The molecule has 0 saturated carbocycles. The van der Waals surface area contributed by atoms with Gasteiger partial charge in [-0.15, -0.1) is 0 Å². The Labute approximate surface area is 128 Å². The maximum absolute atomic E-state index is 5.07. The zero-order chi connectivity index (χ0) is 15.5. The van der Waals surface area contributed by atoms with Gasteiger partial charge in [-0.25, -0.2) is 0 Å². The molecule has 0 fully saturated rings. The van der Waals surface area contributed by atoms with Crippen molar-refractivity contribution in [2.45, 2.75) is 6.54 Å². The first-order chi connectivity index (χ1) is 10.2. The van der Waals surface area contributed by atoms with E-state index in [0.29, 0.717) is 0 Å². The number of nitrogens with one attached hydrogen (secondary N) is 1. The van der Waals surface area contributed by atoms with Crippen LogP contribution in [0.5, 0.6) is 0 Å². The molecule has 5 heteroatoms. The molecule has 0 atom stereocenters. The Balaban J connectivity index is 2.34. The molecule has 0 aliphatic rings. The first-order valence-corrected chi connectivity index (χ1v) is 7.30. The van der Waals surface area contributed by atoms with Gasteiger partial charge in [0.05, 0.1) is 6.61 Å². The molecule has 5 nitrogen and oxygen atoms in total. The number of hydrogen-bond acceptors (Lipinski definition) is 3. The summed E-state index contributed by atoms with van der Waals surface area (Å²) in [4.78, 5) is 8.70. The maximum Gasteiger partial charge on any atom is 0.193 e. The van der Waals surface area contributed by atoms with Gasteiger partial charge in [-0.2, -0.15) is 0 Å². The van der Waals surface area contributed by atoms with E-state index >= 15 is 0 Å². The van der Waals surface area contributed by atoms with Crippen molar-refractivity contribution in [3.05, 3.63) is 35.9 Å². The molecule has 0 unspecified atom stereocenters. The summed E-state index contributed by atoms with van der Waals surface area (Å²) in [6.07, 6.45) is 0. The number of nitrogens with zero attached hydrogens (tertiary/aromatic N) is 3. The van der Waals surface area contributed by atoms with E-state index in [2.05, 4.69) is 58.5 Å². The van der Waals surface area contributed by atoms with Gasteiger partial charge < -0.3 is 19.9 Å². The van der Waals surface area contributed by atoms with Gasteiger partial charge in [-0.3, -0.25) is 4.99 Å². The zero-order valence-electron chi connectivity index (χ0n) is 13.7. The Morgan fingerprint density at radius 2 is 1.90 bits per heavy atom. The summed E-state index contributed by atoms with van der Waals surface area (Å²) in [6.45, 7) is 4.38. The van der Waals surface area contributed by atoms with Crippen molar-refractivity contribution in [2.75, 3.05) is 54.5 Å². The topological polar surface area (TPSA) is 40.1 Å².